The molecule has 1 spiro atoms. The van der Waals surface area contributed by atoms with Gasteiger partial charge in [0.1, 0.15) is 17.9 Å². The van der Waals surface area contributed by atoms with Crippen LogP contribution in [0, 0.1) is 22.7 Å². The summed E-state index contributed by atoms with van der Waals surface area (Å²) in [6.45, 7) is 11.6. The zero-order chi connectivity index (χ0) is 38.8. The van der Waals surface area contributed by atoms with Crippen LogP contribution in [0.15, 0.2) is 60.8 Å². The van der Waals surface area contributed by atoms with Gasteiger partial charge in [0.2, 0.25) is 11.8 Å². The molecule has 5 saturated heterocycles. The summed E-state index contributed by atoms with van der Waals surface area (Å²) >= 11 is 6.38. The molecule has 0 bridgehead atoms. The first-order chi connectivity index (χ1) is 27.1. The Bertz CT molecular complexity index is 1960. The molecule has 0 aliphatic carbocycles. The molecule has 2 aromatic carbocycles. The fourth-order valence-corrected chi connectivity index (χ4v) is 9.81. The van der Waals surface area contributed by atoms with E-state index >= 15 is 0 Å². The SMILES string of the molecule is C[C@H]1CC2(CCN(c3ccc(C(=O)N4CCC(CN5CCN(c6cccc(N[C@@H]7CCC(=O)NC7=O)c6)CC5)CC4)cn3)CC2)CN1c1ccc(C#N)c(Cl)c1. The van der Waals surface area contributed by atoms with Gasteiger partial charge < -0.3 is 24.9 Å². The van der Waals surface area contributed by atoms with Crippen molar-refractivity contribution < 1.29 is 14.4 Å². The van der Waals surface area contributed by atoms with E-state index in [-0.39, 0.29) is 23.1 Å². The summed E-state index contributed by atoms with van der Waals surface area (Å²) in [5.74, 6) is 1.12. The predicted octanol–water partition coefficient (Wildman–Crippen LogP) is 5.38. The molecule has 294 valence electrons. The second-order valence-electron chi connectivity index (χ2n) is 16.6. The summed E-state index contributed by atoms with van der Waals surface area (Å²) in [6, 6.07) is 20.1. The molecule has 3 aromatic rings. The molecule has 0 saturated carbocycles. The van der Waals surface area contributed by atoms with E-state index in [1.807, 2.05) is 47.4 Å². The number of piperidine rings is 3. The number of rotatable bonds is 8. The van der Waals surface area contributed by atoms with Gasteiger partial charge in [0, 0.05) is 101 Å². The van der Waals surface area contributed by atoms with Gasteiger partial charge >= 0.3 is 0 Å². The number of pyridine rings is 1. The first kappa shape index (κ1) is 38.0. The molecule has 3 amide bonds. The lowest BCUT2D eigenvalue weighted by Gasteiger charge is -2.40. The highest BCUT2D eigenvalue weighted by molar-refractivity contribution is 6.32. The molecule has 5 aliphatic heterocycles. The third-order valence-electron chi connectivity index (χ3n) is 12.9. The number of carbonyl (C=O) groups is 3. The van der Waals surface area contributed by atoms with Crippen LogP contribution in [0.25, 0.3) is 0 Å². The average molecular weight is 778 g/mol. The van der Waals surface area contributed by atoms with Crippen molar-refractivity contribution in [1.29, 1.82) is 5.26 Å². The maximum atomic E-state index is 13.5. The van der Waals surface area contributed by atoms with Crippen LogP contribution in [0.4, 0.5) is 22.9 Å². The Morgan fingerprint density at radius 2 is 1.73 bits per heavy atom. The van der Waals surface area contributed by atoms with E-state index in [1.54, 1.807) is 6.20 Å². The van der Waals surface area contributed by atoms with Crippen LogP contribution in [0.3, 0.4) is 0 Å². The monoisotopic (exact) mass is 777 g/mol. The van der Waals surface area contributed by atoms with E-state index in [0.29, 0.717) is 41.0 Å². The molecular weight excluding hydrogens is 726 g/mol. The maximum absolute atomic E-state index is 13.5. The van der Waals surface area contributed by atoms with E-state index < -0.39 is 6.04 Å². The topological polar surface area (TPSA) is 128 Å². The number of benzene rings is 2. The molecule has 2 atom stereocenters. The van der Waals surface area contributed by atoms with Crippen LogP contribution in [0.2, 0.25) is 5.02 Å². The number of hydrogen-bond acceptors (Lipinski definition) is 10. The number of carbonyl (C=O) groups excluding carboxylic acids is 3. The van der Waals surface area contributed by atoms with Gasteiger partial charge in [-0.15, -0.1) is 0 Å². The molecule has 12 nitrogen and oxygen atoms in total. The molecule has 5 fully saturated rings. The Morgan fingerprint density at radius 1 is 0.946 bits per heavy atom. The smallest absolute Gasteiger partial charge is 0.255 e. The zero-order valence-electron chi connectivity index (χ0n) is 32.3. The third kappa shape index (κ3) is 8.30. The van der Waals surface area contributed by atoms with E-state index in [1.165, 1.54) is 0 Å². The predicted molar refractivity (Wildman–Crippen MR) is 219 cm³/mol. The van der Waals surface area contributed by atoms with Crippen molar-refractivity contribution in [3.63, 3.8) is 0 Å². The number of amides is 3. The van der Waals surface area contributed by atoms with Gasteiger partial charge in [0.15, 0.2) is 0 Å². The highest BCUT2D eigenvalue weighted by atomic mass is 35.5. The molecular formula is C43H52ClN9O3. The molecule has 5 aliphatic rings. The Labute approximate surface area is 334 Å². The Morgan fingerprint density at radius 3 is 2.43 bits per heavy atom. The van der Waals surface area contributed by atoms with Crippen molar-refractivity contribution in [2.75, 3.05) is 85.5 Å². The van der Waals surface area contributed by atoms with Gasteiger partial charge in [-0.2, -0.15) is 5.26 Å². The third-order valence-corrected chi connectivity index (χ3v) is 13.2. The summed E-state index contributed by atoms with van der Waals surface area (Å²) in [6.07, 6.45) is 7.96. The lowest BCUT2D eigenvalue weighted by molar-refractivity contribution is -0.133. The Balaban J connectivity index is 0.762. The molecule has 2 N–H and O–H groups in total. The van der Waals surface area contributed by atoms with E-state index in [0.717, 1.165) is 120 Å². The lowest BCUT2D eigenvalue weighted by atomic mass is 9.77. The molecule has 0 unspecified atom stereocenters. The molecule has 8 rings (SSSR count). The standard InChI is InChI=1S/C43H52ClN9O3/c1-30-25-43(29-53(30)36-7-5-32(26-45)37(44)24-36)13-17-51(18-14-43)39-9-6-33(27-46-39)42(56)52-15-11-31(12-16-52)28-49-19-21-50(22-20-49)35-4-2-3-34(23-35)47-38-8-10-40(54)48-41(38)55/h2-7,9,23-24,27,30-31,38,47H,8,10-22,25,28-29H2,1H3,(H,48,54,55)/t30-,38+/m0/s1. The molecule has 13 heteroatoms. The van der Waals surface area contributed by atoms with E-state index in [4.69, 9.17) is 16.6 Å². The molecule has 0 radical (unpaired) electrons. The Kier molecular flexibility index (Phi) is 11.1. The van der Waals surface area contributed by atoms with Gasteiger partial charge in [-0.1, -0.05) is 17.7 Å². The minimum atomic E-state index is -0.392. The van der Waals surface area contributed by atoms with Gasteiger partial charge in [-0.3, -0.25) is 24.6 Å². The number of halogens is 1. The maximum Gasteiger partial charge on any atom is 0.255 e. The second kappa shape index (κ2) is 16.3. The van der Waals surface area contributed by atoms with Crippen LogP contribution in [-0.4, -0.2) is 110 Å². The van der Waals surface area contributed by atoms with Crippen molar-refractivity contribution in [3.05, 3.63) is 76.9 Å². The largest absolute Gasteiger partial charge is 0.374 e. The van der Waals surface area contributed by atoms with Crippen molar-refractivity contribution >= 4 is 52.2 Å². The highest BCUT2D eigenvalue weighted by Crippen LogP contribution is 2.46. The van der Waals surface area contributed by atoms with E-state index in [2.05, 4.69) is 55.4 Å². The van der Waals surface area contributed by atoms with Crippen molar-refractivity contribution in [1.82, 2.24) is 20.1 Å². The molecule has 1 aromatic heterocycles. The summed E-state index contributed by atoms with van der Waals surface area (Å²) in [7, 11) is 0. The van der Waals surface area contributed by atoms with E-state index in [9.17, 15) is 19.6 Å². The summed E-state index contributed by atoms with van der Waals surface area (Å²) < 4.78 is 0. The van der Waals surface area contributed by atoms with Crippen LogP contribution < -0.4 is 25.3 Å². The van der Waals surface area contributed by atoms with Crippen LogP contribution >= 0.6 is 11.6 Å². The average Bonchev–Trinajstić information content (AvgIpc) is 3.54. The number of likely N-dealkylation sites (tertiary alicyclic amines) is 1. The Hall–Kier alpha value is -4.86. The first-order valence-corrected chi connectivity index (χ1v) is 20.7. The minimum absolute atomic E-state index is 0.0750. The number of nitrogens with one attached hydrogen (secondary N) is 2. The number of imide groups is 1. The number of nitrogens with zero attached hydrogens (tertiary/aromatic N) is 7. The highest BCUT2D eigenvalue weighted by Gasteiger charge is 2.44. The number of piperazine rings is 1. The fraction of sp³-hybridized carbons (Fsp3) is 0.512. The number of anilines is 4. The quantitative estimate of drug-likeness (QED) is 0.288. The van der Waals surface area contributed by atoms with Gasteiger partial charge in [0.25, 0.3) is 5.91 Å². The normalized spacial score (nSPS) is 23.3. The van der Waals surface area contributed by atoms with Gasteiger partial charge in [0.05, 0.1) is 16.1 Å². The number of hydrogen-bond donors (Lipinski definition) is 2. The summed E-state index contributed by atoms with van der Waals surface area (Å²) in [4.78, 5) is 53.8. The fourth-order valence-electron chi connectivity index (χ4n) is 9.59. The summed E-state index contributed by atoms with van der Waals surface area (Å²) in [5.41, 5.74) is 4.54. The van der Waals surface area contributed by atoms with Crippen LogP contribution in [0.5, 0.6) is 0 Å². The second-order valence-corrected chi connectivity index (χ2v) is 17.0. The van der Waals surface area contributed by atoms with Gasteiger partial charge in [-0.25, -0.2) is 4.98 Å². The van der Waals surface area contributed by atoms with Crippen molar-refractivity contribution in [2.24, 2.45) is 11.3 Å². The van der Waals surface area contributed by atoms with Crippen LogP contribution in [0.1, 0.15) is 67.8 Å². The number of aromatic nitrogens is 1. The van der Waals surface area contributed by atoms with Gasteiger partial charge in [-0.05, 0) is 105 Å². The minimum Gasteiger partial charge on any atom is -0.374 e. The number of nitriles is 1. The molecule has 6 heterocycles. The zero-order valence-corrected chi connectivity index (χ0v) is 33.0. The lowest BCUT2D eigenvalue weighted by Crippen LogP contribution is -2.49. The first-order valence-electron chi connectivity index (χ1n) is 20.3. The van der Waals surface area contributed by atoms with Crippen molar-refractivity contribution in [3.8, 4) is 6.07 Å². The van der Waals surface area contributed by atoms with Crippen LogP contribution in [-0.2, 0) is 9.59 Å². The van der Waals surface area contributed by atoms with Crippen molar-refractivity contribution in [2.45, 2.75) is 64.0 Å². The summed E-state index contributed by atoms with van der Waals surface area (Å²) in [5, 5.41) is 15.5. The molecule has 56 heavy (non-hydrogen) atoms.